The van der Waals surface area contributed by atoms with Gasteiger partial charge in [-0.15, -0.1) is 45.3 Å². The fourth-order valence-electron chi connectivity index (χ4n) is 7.80. The molecule has 0 fully saturated rings. The van der Waals surface area contributed by atoms with Gasteiger partial charge in [-0.25, -0.2) is 20.0 Å². The molecular weight excluding hydrogens is 761 g/mol. The molecule has 0 amide bonds. The van der Waals surface area contributed by atoms with Crippen molar-refractivity contribution in [1.82, 2.24) is 0 Å². The third-order valence-corrected chi connectivity index (χ3v) is 14.4. The molecule has 280 valence electrons. The van der Waals surface area contributed by atoms with E-state index < -0.39 is 0 Å². The molecule has 0 saturated heterocycles. The predicted molar refractivity (Wildman–Crippen MR) is 247 cm³/mol. The molecule has 0 radical (unpaired) electrons. The molecule has 0 spiro atoms. The first-order chi connectivity index (χ1) is 27.5. The summed E-state index contributed by atoms with van der Waals surface area (Å²) in [6, 6.07) is 9.37. The van der Waals surface area contributed by atoms with Crippen molar-refractivity contribution in [3.05, 3.63) is 159 Å². The third kappa shape index (κ3) is 7.13. The number of thiophene rings is 4. The van der Waals surface area contributed by atoms with E-state index in [1.165, 1.54) is 41.8 Å². The van der Waals surface area contributed by atoms with E-state index >= 15 is 0 Å². The first-order valence-electron chi connectivity index (χ1n) is 19.9. The Hall–Kier alpha value is -4.60. The van der Waals surface area contributed by atoms with E-state index in [4.69, 9.17) is 20.0 Å². The molecule has 5 aliphatic rings. The van der Waals surface area contributed by atoms with Crippen LogP contribution in [-0.2, 0) is 25.7 Å². The summed E-state index contributed by atoms with van der Waals surface area (Å²) in [6.07, 6.45) is 26.1. The van der Waals surface area contributed by atoms with Crippen molar-refractivity contribution in [1.29, 1.82) is 0 Å². The van der Waals surface area contributed by atoms with Gasteiger partial charge in [-0.3, -0.25) is 0 Å². The maximum atomic E-state index is 5.48. The van der Waals surface area contributed by atoms with Gasteiger partial charge >= 0.3 is 0 Å². The summed E-state index contributed by atoms with van der Waals surface area (Å²) in [6.45, 7) is 8.97. The molecule has 0 saturated carbocycles. The van der Waals surface area contributed by atoms with Crippen LogP contribution in [0.1, 0.15) is 95.1 Å². The van der Waals surface area contributed by atoms with E-state index in [1.807, 2.05) is 0 Å². The van der Waals surface area contributed by atoms with E-state index in [2.05, 4.69) is 122 Å². The second kappa shape index (κ2) is 16.1. The highest BCUT2D eigenvalue weighted by Crippen LogP contribution is 2.42. The Kier molecular flexibility index (Phi) is 10.6. The summed E-state index contributed by atoms with van der Waals surface area (Å²) < 4.78 is 0. The van der Waals surface area contributed by atoms with Gasteiger partial charge in [-0.2, -0.15) is 0 Å². The molecule has 0 N–H and O–H groups in total. The van der Waals surface area contributed by atoms with Gasteiger partial charge in [0.05, 0.1) is 45.6 Å². The van der Waals surface area contributed by atoms with Crippen molar-refractivity contribution in [2.45, 2.75) is 79.1 Å². The lowest BCUT2D eigenvalue weighted by molar-refractivity contribution is 0.926. The van der Waals surface area contributed by atoms with Crippen LogP contribution in [0.25, 0.3) is 22.3 Å². The number of aryl methyl sites for hydroxylation is 4. The fraction of sp³-hybridized carbons (Fsp3) is 0.250. The molecule has 8 bridgehead atoms. The summed E-state index contributed by atoms with van der Waals surface area (Å²) in [5.74, 6) is 0. The van der Waals surface area contributed by atoms with Crippen molar-refractivity contribution in [2.75, 3.05) is 0 Å². The Morgan fingerprint density at radius 3 is 0.786 bits per heavy atom. The molecule has 4 nitrogen and oxygen atoms in total. The predicted octanol–water partition coefficient (Wildman–Crippen LogP) is 13.7. The molecule has 9 heterocycles. The van der Waals surface area contributed by atoms with E-state index in [1.54, 1.807) is 45.3 Å². The van der Waals surface area contributed by atoms with Gasteiger partial charge in [0.25, 0.3) is 0 Å². The van der Waals surface area contributed by atoms with Crippen molar-refractivity contribution in [3.8, 4) is 0 Å². The Labute approximate surface area is 346 Å². The average molecular weight is 805 g/mol. The quantitative estimate of drug-likeness (QED) is 0.137. The first-order valence-corrected chi connectivity index (χ1v) is 23.4. The van der Waals surface area contributed by atoms with Gasteiger partial charge in [0, 0.05) is 41.8 Å². The molecule has 8 heteroatoms. The maximum absolute atomic E-state index is 5.48. The summed E-state index contributed by atoms with van der Waals surface area (Å²) in [5.41, 5.74) is 17.2. The molecule has 4 aromatic heterocycles. The Bertz CT molecular complexity index is 2260. The fourth-order valence-corrected chi connectivity index (χ4v) is 11.8. The van der Waals surface area contributed by atoms with E-state index in [-0.39, 0.29) is 0 Å². The van der Waals surface area contributed by atoms with Crippen LogP contribution < -0.4 is 0 Å². The van der Waals surface area contributed by atoms with E-state index in [0.717, 1.165) is 119 Å². The molecule has 5 aliphatic heterocycles. The van der Waals surface area contributed by atoms with Gasteiger partial charge < -0.3 is 0 Å². The van der Waals surface area contributed by atoms with Gasteiger partial charge in [-0.05, 0) is 142 Å². The second-order valence-electron chi connectivity index (χ2n) is 14.6. The van der Waals surface area contributed by atoms with Gasteiger partial charge in [0.1, 0.15) is 0 Å². The molecule has 4 aromatic rings. The van der Waals surface area contributed by atoms with E-state index in [9.17, 15) is 0 Å². The zero-order chi connectivity index (χ0) is 38.2. The van der Waals surface area contributed by atoms with E-state index in [0.29, 0.717) is 0 Å². The van der Waals surface area contributed by atoms with Crippen LogP contribution in [0.5, 0.6) is 0 Å². The van der Waals surface area contributed by atoms with Crippen molar-refractivity contribution >= 4 is 90.5 Å². The summed E-state index contributed by atoms with van der Waals surface area (Å²) in [7, 11) is 0. The number of rotatable bonds is 12. The lowest BCUT2D eigenvalue weighted by atomic mass is 10.0. The van der Waals surface area contributed by atoms with Gasteiger partial charge in [-0.1, -0.05) is 53.4 Å². The van der Waals surface area contributed by atoms with Crippen LogP contribution in [-0.4, -0.2) is 22.8 Å². The van der Waals surface area contributed by atoms with Crippen LogP contribution >= 0.6 is 45.3 Å². The normalized spacial score (nSPS) is 17.4. The minimum absolute atomic E-state index is 0.933. The zero-order valence-electron chi connectivity index (χ0n) is 32.3. The summed E-state index contributed by atoms with van der Waals surface area (Å²) in [5, 5.41) is 9.20. The number of allylic oxidation sites excluding steroid dienone is 12. The largest absolute Gasteiger partial charge is 0.248 e. The van der Waals surface area contributed by atoms with Crippen LogP contribution in [0.15, 0.2) is 137 Å². The Morgan fingerprint density at radius 2 is 0.571 bits per heavy atom. The molecule has 0 aromatic carbocycles. The number of nitrogens with zero attached hydrogens (tertiary/aromatic N) is 4. The van der Waals surface area contributed by atoms with Crippen molar-refractivity contribution in [2.24, 2.45) is 20.0 Å². The zero-order valence-corrected chi connectivity index (χ0v) is 35.6. The second-order valence-corrected chi connectivity index (χ2v) is 18.3. The van der Waals surface area contributed by atoms with Crippen molar-refractivity contribution in [3.63, 3.8) is 0 Å². The maximum Gasteiger partial charge on any atom is 0.0746 e. The highest BCUT2D eigenvalue weighted by molar-refractivity contribution is 7.13. The monoisotopic (exact) mass is 804 g/mol. The standard InChI is InChI=1S/C48H44N4S4/c1-5-9-29-21-41(53-25-29)45-33-13-15-35(49-33)46(42-22-30(10-6-2)26-54-42)37-17-19-39(51-37)48(44-24-32(12-8-4)28-56-44)40-20-18-38(52-40)47(36-16-14-34(45)50-36)43-23-31(11-7-3)27-55-43/h13-28H,5-12H2,1-4H3. The van der Waals surface area contributed by atoms with Crippen LogP contribution in [0.3, 0.4) is 0 Å². The number of aliphatic imine (C=N–C) groups is 4. The lowest BCUT2D eigenvalue weighted by Crippen LogP contribution is -2.02. The summed E-state index contributed by atoms with van der Waals surface area (Å²) >= 11 is 7.15. The van der Waals surface area contributed by atoms with Crippen LogP contribution in [0.4, 0.5) is 0 Å². The molecule has 9 rings (SSSR count). The Balaban J connectivity index is 1.32. The van der Waals surface area contributed by atoms with Crippen LogP contribution in [0, 0.1) is 0 Å². The molecule has 0 aliphatic carbocycles. The minimum atomic E-state index is 0.933. The third-order valence-electron chi connectivity index (χ3n) is 10.4. The lowest BCUT2D eigenvalue weighted by Gasteiger charge is -2.10. The Morgan fingerprint density at radius 1 is 0.339 bits per heavy atom. The van der Waals surface area contributed by atoms with Gasteiger partial charge in [0.2, 0.25) is 0 Å². The number of fused-ring (bicyclic) bond motifs is 4. The minimum Gasteiger partial charge on any atom is -0.248 e. The first kappa shape index (κ1) is 37.0. The van der Waals surface area contributed by atoms with Gasteiger partial charge in [0.15, 0.2) is 0 Å². The highest BCUT2D eigenvalue weighted by atomic mass is 32.1. The number of hydrogen-bond donors (Lipinski definition) is 0. The topological polar surface area (TPSA) is 49.4 Å². The highest BCUT2D eigenvalue weighted by Gasteiger charge is 2.29. The molecular formula is C48H44N4S4. The SMILES string of the molecule is CCCc1csc(C2=C3C=CC(=N3)C(c3cc(CCC)cs3)=C3C=CC(=N3)C(c3cc(CCC)cs3)=C3C=CC(=N3)C(c3cc(CCC)cs3)=C3C=CC2=N3)c1. The summed E-state index contributed by atoms with van der Waals surface area (Å²) in [4.78, 5) is 26.7. The molecule has 56 heavy (non-hydrogen) atoms. The smallest absolute Gasteiger partial charge is 0.0746 e. The molecule has 0 atom stereocenters. The average Bonchev–Trinajstić information content (AvgIpc) is 4.04. The van der Waals surface area contributed by atoms with Crippen LogP contribution in [0.2, 0.25) is 0 Å². The van der Waals surface area contributed by atoms with Crippen molar-refractivity contribution < 1.29 is 0 Å². The molecule has 0 unspecified atom stereocenters. The number of hydrogen-bond acceptors (Lipinski definition) is 8.